The SMILES string of the molecule is CC1c2ccc(O)cc2C1(C)C. The summed E-state index contributed by atoms with van der Waals surface area (Å²) in [5.41, 5.74) is 2.93. The van der Waals surface area contributed by atoms with E-state index in [2.05, 4.69) is 20.8 Å². The van der Waals surface area contributed by atoms with Gasteiger partial charge in [-0.3, -0.25) is 0 Å². The van der Waals surface area contributed by atoms with Crippen molar-refractivity contribution in [2.75, 3.05) is 0 Å². The topological polar surface area (TPSA) is 20.2 Å². The normalized spacial score (nSPS) is 24.4. The van der Waals surface area contributed by atoms with Crippen LogP contribution in [-0.4, -0.2) is 5.11 Å². The van der Waals surface area contributed by atoms with E-state index in [1.54, 1.807) is 6.07 Å². The maximum absolute atomic E-state index is 9.29. The Balaban J connectivity index is 2.57. The number of phenolic OH excluding ortho intramolecular Hbond substituents is 1. The molecule has 0 heterocycles. The van der Waals surface area contributed by atoms with Gasteiger partial charge in [-0.05, 0) is 34.6 Å². The summed E-state index contributed by atoms with van der Waals surface area (Å²) in [6, 6.07) is 5.68. The lowest BCUT2D eigenvalue weighted by molar-refractivity contribution is 0.365. The van der Waals surface area contributed by atoms with E-state index in [9.17, 15) is 5.11 Å². The molecule has 0 radical (unpaired) electrons. The standard InChI is InChI=1S/C11H14O/c1-7-9-5-4-8(12)6-10(9)11(7,2)3/h4-7,12H,1-3H3. The highest BCUT2D eigenvalue weighted by atomic mass is 16.3. The van der Waals surface area contributed by atoms with Gasteiger partial charge in [0.2, 0.25) is 0 Å². The van der Waals surface area contributed by atoms with Crippen LogP contribution in [0.3, 0.4) is 0 Å². The lowest BCUT2D eigenvalue weighted by Gasteiger charge is -2.45. The molecule has 0 bridgehead atoms. The average Bonchev–Trinajstić information content (AvgIpc) is 2.04. The van der Waals surface area contributed by atoms with Crippen molar-refractivity contribution in [2.24, 2.45) is 0 Å². The van der Waals surface area contributed by atoms with E-state index in [1.807, 2.05) is 12.1 Å². The van der Waals surface area contributed by atoms with Crippen molar-refractivity contribution < 1.29 is 5.11 Å². The van der Waals surface area contributed by atoms with Gasteiger partial charge in [0.15, 0.2) is 0 Å². The second-order valence-electron chi connectivity index (χ2n) is 4.21. The molecule has 12 heavy (non-hydrogen) atoms. The first-order chi connectivity index (χ1) is 5.53. The van der Waals surface area contributed by atoms with Crippen molar-refractivity contribution >= 4 is 0 Å². The molecule has 1 heteroatoms. The quantitative estimate of drug-likeness (QED) is 0.622. The van der Waals surface area contributed by atoms with Crippen LogP contribution >= 0.6 is 0 Å². The van der Waals surface area contributed by atoms with Crippen LogP contribution in [0.2, 0.25) is 0 Å². The van der Waals surface area contributed by atoms with Crippen LogP contribution in [0.15, 0.2) is 18.2 Å². The van der Waals surface area contributed by atoms with Gasteiger partial charge < -0.3 is 5.11 Å². The summed E-state index contributed by atoms with van der Waals surface area (Å²) in [6.45, 7) is 6.68. The van der Waals surface area contributed by atoms with E-state index in [0.717, 1.165) is 0 Å². The van der Waals surface area contributed by atoms with Crippen LogP contribution in [0.5, 0.6) is 5.75 Å². The van der Waals surface area contributed by atoms with Gasteiger partial charge in [0, 0.05) is 0 Å². The first-order valence-electron chi connectivity index (χ1n) is 4.37. The fourth-order valence-corrected chi connectivity index (χ4v) is 2.02. The smallest absolute Gasteiger partial charge is 0.115 e. The van der Waals surface area contributed by atoms with Crippen molar-refractivity contribution in [1.29, 1.82) is 0 Å². The molecule has 0 spiro atoms. The Morgan fingerprint density at radius 3 is 2.67 bits per heavy atom. The minimum atomic E-state index is 0.244. The highest BCUT2D eigenvalue weighted by molar-refractivity contribution is 5.51. The van der Waals surface area contributed by atoms with Crippen molar-refractivity contribution in [3.8, 4) is 5.75 Å². The largest absolute Gasteiger partial charge is 0.508 e. The van der Waals surface area contributed by atoms with Crippen LogP contribution in [0.4, 0.5) is 0 Å². The van der Waals surface area contributed by atoms with Gasteiger partial charge >= 0.3 is 0 Å². The molecule has 0 saturated heterocycles. The van der Waals surface area contributed by atoms with Gasteiger partial charge in [0.05, 0.1) is 0 Å². The summed E-state index contributed by atoms with van der Waals surface area (Å²) in [6.07, 6.45) is 0. The molecule has 1 nitrogen and oxygen atoms in total. The number of fused-ring (bicyclic) bond motifs is 1. The first-order valence-corrected chi connectivity index (χ1v) is 4.37. The molecule has 0 fully saturated rings. The van der Waals surface area contributed by atoms with Crippen molar-refractivity contribution in [3.63, 3.8) is 0 Å². The van der Waals surface area contributed by atoms with Crippen LogP contribution in [-0.2, 0) is 5.41 Å². The van der Waals surface area contributed by atoms with Crippen molar-refractivity contribution in [3.05, 3.63) is 29.3 Å². The highest BCUT2D eigenvalue weighted by Gasteiger charge is 2.41. The fraction of sp³-hybridized carbons (Fsp3) is 0.455. The monoisotopic (exact) mass is 162 g/mol. The highest BCUT2D eigenvalue weighted by Crippen LogP contribution is 2.51. The van der Waals surface area contributed by atoms with Crippen LogP contribution in [0.1, 0.15) is 37.8 Å². The molecule has 1 aliphatic carbocycles. The Bertz CT molecular complexity index is 326. The molecule has 0 aliphatic heterocycles. The zero-order valence-corrected chi connectivity index (χ0v) is 7.76. The number of phenols is 1. The van der Waals surface area contributed by atoms with E-state index in [4.69, 9.17) is 0 Å². The van der Waals surface area contributed by atoms with Gasteiger partial charge in [0.1, 0.15) is 5.75 Å². The second-order valence-corrected chi connectivity index (χ2v) is 4.21. The molecule has 1 aliphatic rings. The predicted molar refractivity (Wildman–Crippen MR) is 49.5 cm³/mol. The van der Waals surface area contributed by atoms with Gasteiger partial charge in [-0.15, -0.1) is 0 Å². The Kier molecular flexibility index (Phi) is 1.30. The summed E-state index contributed by atoms with van der Waals surface area (Å²) in [5, 5.41) is 9.29. The summed E-state index contributed by atoms with van der Waals surface area (Å²) < 4.78 is 0. The Morgan fingerprint density at radius 2 is 2.00 bits per heavy atom. The third kappa shape index (κ3) is 0.739. The third-order valence-corrected chi connectivity index (χ3v) is 3.28. The average molecular weight is 162 g/mol. The lowest BCUT2D eigenvalue weighted by atomic mass is 9.59. The summed E-state index contributed by atoms with van der Waals surface area (Å²) in [7, 11) is 0. The summed E-state index contributed by atoms with van der Waals surface area (Å²) >= 11 is 0. The number of rotatable bonds is 0. The summed E-state index contributed by atoms with van der Waals surface area (Å²) in [5.74, 6) is 1.00. The molecule has 2 rings (SSSR count). The number of benzene rings is 1. The molecular weight excluding hydrogens is 148 g/mol. The third-order valence-electron chi connectivity index (χ3n) is 3.28. The molecule has 1 unspecified atom stereocenters. The van der Waals surface area contributed by atoms with E-state index < -0.39 is 0 Å². The van der Waals surface area contributed by atoms with Crippen LogP contribution in [0, 0.1) is 0 Å². The molecule has 1 atom stereocenters. The molecule has 1 aromatic rings. The zero-order chi connectivity index (χ0) is 8.93. The minimum Gasteiger partial charge on any atom is -0.508 e. The van der Waals surface area contributed by atoms with Crippen molar-refractivity contribution in [1.82, 2.24) is 0 Å². The molecule has 0 amide bonds. The van der Waals surface area contributed by atoms with E-state index >= 15 is 0 Å². The Hall–Kier alpha value is -0.980. The molecule has 0 saturated carbocycles. The number of hydrogen-bond acceptors (Lipinski definition) is 1. The lowest BCUT2D eigenvalue weighted by Crippen LogP contribution is -2.36. The molecular formula is C11H14O. The number of aromatic hydroxyl groups is 1. The summed E-state index contributed by atoms with van der Waals surface area (Å²) in [4.78, 5) is 0. The Morgan fingerprint density at radius 1 is 1.33 bits per heavy atom. The molecule has 1 N–H and O–H groups in total. The van der Waals surface area contributed by atoms with Gasteiger partial charge in [-0.2, -0.15) is 0 Å². The maximum Gasteiger partial charge on any atom is 0.115 e. The number of hydrogen-bond donors (Lipinski definition) is 1. The van der Waals surface area contributed by atoms with Gasteiger partial charge in [-0.1, -0.05) is 26.8 Å². The van der Waals surface area contributed by atoms with Gasteiger partial charge in [-0.25, -0.2) is 0 Å². The second kappa shape index (κ2) is 2.03. The maximum atomic E-state index is 9.29. The predicted octanol–water partition coefficient (Wildman–Crippen LogP) is 2.79. The van der Waals surface area contributed by atoms with E-state index in [-0.39, 0.29) is 5.41 Å². The van der Waals surface area contributed by atoms with Crippen molar-refractivity contribution in [2.45, 2.75) is 32.1 Å². The van der Waals surface area contributed by atoms with Crippen LogP contribution < -0.4 is 0 Å². The molecule has 64 valence electrons. The molecule has 1 aromatic carbocycles. The molecule has 0 aromatic heterocycles. The Labute approximate surface area is 73.0 Å². The van der Waals surface area contributed by atoms with Crippen LogP contribution in [0.25, 0.3) is 0 Å². The van der Waals surface area contributed by atoms with E-state index in [0.29, 0.717) is 11.7 Å². The zero-order valence-electron chi connectivity index (χ0n) is 7.76. The van der Waals surface area contributed by atoms with E-state index in [1.165, 1.54) is 11.1 Å². The fourth-order valence-electron chi connectivity index (χ4n) is 2.02. The van der Waals surface area contributed by atoms with Gasteiger partial charge in [0.25, 0.3) is 0 Å². The first kappa shape index (κ1) is 7.66. The minimum absolute atomic E-state index is 0.244.